The number of nitrogens with one attached hydrogen (secondary N) is 1. The van der Waals surface area contributed by atoms with Crippen LogP contribution in [0.25, 0.3) is 0 Å². The van der Waals surface area contributed by atoms with Gasteiger partial charge in [-0.25, -0.2) is 5.43 Å². The van der Waals surface area contributed by atoms with Crippen molar-refractivity contribution in [3.05, 3.63) is 47.5 Å². The molecule has 0 fully saturated rings. The van der Waals surface area contributed by atoms with Gasteiger partial charge in [0.15, 0.2) is 11.5 Å². The first-order chi connectivity index (χ1) is 9.69. The number of hydrogen-bond donors (Lipinski definition) is 2. The normalized spacial score (nSPS) is 12.0. The van der Waals surface area contributed by atoms with E-state index in [1.54, 1.807) is 26.6 Å². The largest absolute Gasteiger partial charge is 0.493 e. The molecule has 0 amide bonds. The second-order valence-corrected chi connectivity index (χ2v) is 4.30. The van der Waals surface area contributed by atoms with Gasteiger partial charge in [0.2, 0.25) is 0 Å². The van der Waals surface area contributed by atoms with Crippen molar-refractivity contribution in [1.29, 1.82) is 0 Å². The molecule has 0 saturated heterocycles. The van der Waals surface area contributed by atoms with Crippen LogP contribution in [-0.4, -0.2) is 24.2 Å². The smallest absolute Gasteiger partial charge is 0.161 e. The summed E-state index contributed by atoms with van der Waals surface area (Å²) < 4.78 is 10.5. The first-order valence-electron chi connectivity index (χ1n) is 6.16. The highest BCUT2D eigenvalue weighted by molar-refractivity contribution is 5.45. The summed E-state index contributed by atoms with van der Waals surface area (Å²) in [5, 5.41) is 0. The number of aromatic nitrogens is 2. The van der Waals surface area contributed by atoms with Crippen LogP contribution in [-0.2, 0) is 0 Å². The Morgan fingerprint density at radius 1 is 1.10 bits per heavy atom. The van der Waals surface area contributed by atoms with Crippen molar-refractivity contribution in [3.63, 3.8) is 0 Å². The number of nitrogens with two attached hydrogens (primary N) is 1. The molecular formula is C14H18N4O2. The molecule has 1 unspecified atom stereocenters. The van der Waals surface area contributed by atoms with E-state index in [0.717, 1.165) is 17.0 Å². The topological polar surface area (TPSA) is 82.3 Å². The van der Waals surface area contributed by atoms with Crippen molar-refractivity contribution >= 4 is 0 Å². The van der Waals surface area contributed by atoms with E-state index in [-0.39, 0.29) is 6.04 Å². The van der Waals surface area contributed by atoms with Gasteiger partial charge in [0.25, 0.3) is 0 Å². The number of nitrogens with zero attached hydrogens (tertiary/aromatic N) is 2. The standard InChI is InChI=1S/C14H18N4O2/c1-9-7-17-11(8-16-9)14(18-15)10-4-5-12(19-2)13(6-10)20-3/h4-8,14,18H,15H2,1-3H3. The summed E-state index contributed by atoms with van der Waals surface area (Å²) >= 11 is 0. The summed E-state index contributed by atoms with van der Waals surface area (Å²) in [5.74, 6) is 6.96. The molecule has 6 nitrogen and oxygen atoms in total. The third-order valence-corrected chi connectivity index (χ3v) is 3.00. The van der Waals surface area contributed by atoms with Crippen molar-refractivity contribution in [2.75, 3.05) is 14.2 Å². The highest BCUT2D eigenvalue weighted by Crippen LogP contribution is 2.31. The summed E-state index contributed by atoms with van der Waals surface area (Å²) in [6, 6.07) is 5.35. The monoisotopic (exact) mass is 274 g/mol. The van der Waals surface area contributed by atoms with Gasteiger partial charge < -0.3 is 9.47 Å². The van der Waals surface area contributed by atoms with Crippen molar-refractivity contribution in [2.45, 2.75) is 13.0 Å². The first kappa shape index (κ1) is 14.2. The van der Waals surface area contributed by atoms with E-state index >= 15 is 0 Å². The Bertz CT molecular complexity index is 572. The number of hydrazine groups is 1. The van der Waals surface area contributed by atoms with Gasteiger partial charge >= 0.3 is 0 Å². The van der Waals surface area contributed by atoms with Gasteiger partial charge in [-0.2, -0.15) is 0 Å². The SMILES string of the molecule is COc1ccc(C(NN)c2cnc(C)cn2)cc1OC. The highest BCUT2D eigenvalue weighted by atomic mass is 16.5. The molecule has 2 aromatic rings. The third-order valence-electron chi connectivity index (χ3n) is 3.00. The number of hydrogen-bond acceptors (Lipinski definition) is 6. The van der Waals surface area contributed by atoms with Crippen LogP contribution in [0, 0.1) is 6.92 Å². The van der Waals surface area contributed by atoms with Crippen LogP contribution in [0.5, 0.6) is 11.5 Å². The predicted octanol–water partition coefficient (Wildman–Crippen LogP) is 1.35. The number of ether oxygens (including phenoxy) is 2. The molecule has 20 heavy (non-hydrogen) atoms. The zero-order chi connectivity index (χ0) is 14.5. The predicted molar refractivity (Wildman–Crippen MR) is 75.5 cm³/mol. The lowest BCUT2D eigenvalue weighted by Gasteiger charge is -2.17. The second kappa shape index (κ2) is 6.31. The minimum absolute atomic E-state index is 0.261. The van der Waals surface area contributed by atoms with Gasteiger partial charge in [-0.3, -0.25) is 15.8 Å². The molecule has 1 aromatic heterocycles. The molecule has 1 aromatic carbocycles. The zero-order valence-corrected chi connectivity index (χ0v) is 11.8. The van der Waals surface area contributed by atoms with Crippen molar-refractivity contribution in [2.24, 2.45) is 5.84 Å². The van der Waals surface area contributed by atoms with Gasteiger partial charge in [0.1, 0.15) is 0 Å². The molecule has 106 valence electrons. The summed E-state index contributed by atoms with van der Waals surface area (Å²) in [6.07, 6.45) is 3.41. The summed E-state index contributed by atoms with van der Waals surface area (Å²) in [6.45, 7) is 1.89. The lowest BCUT2D eigenvalue weighted by atomic mass is 10.0. The van der Waals surface area contributed by atoms with Crippen molar-refractivity contribution in [3.8, 4) is 11.5 Å². The average molecular weight is 274 g/mol. The highest BCUT2D eigenvalue weighted by Gasteiger charge is 2.16. The van der Waals surface area contributed by atoms with Gasteiger partial charge in [0.05, 0.1) is 37.8 Å². The van der Waals surface area contributed by atoms with Crippen LogP contribution in [0.1, 0.15) is 23.0 Å². The quantitative estimate of drug-likeness (QED) is 0.632. The number of methoxy groups -OCH3 is 2. The van der Waals surface area contributed by atoms with E-state index in [2.05, 4.69) is 15.4 Å². The molecule has 6 heteroatoms. The molecule has 1 atom stereocenters. The van der Waals surface area contributed by atoms with Crippen molar-refractivity contribution < 1.29 is 9.47 Å². The summed E-state index contributed by atoms with van der Waals surface area (Å²) in [7, 11) is 3.19. The molecule has 0 spiro atoms. The van der Waals surface area contributed by atoms with Gasteiger partial charge in [0, 0.05) is 6.20 Å². The number of benzene rings is 1. The molecule has 0 aliphatic heterocycles. The average Bonchev–Trinajstić information content (AvgIpc) is 2.49. The Labute approximate surface area is 117 Å². The summed E-state index contributed by atoms with van der Waals surface area (Å²) in [5.41, 5.74) is 5.26. The minimum Gasteiger partial charge on any atom is -0.493 e. The molecule has 0 saturated carbocycles. The van der Waals surface area contributed by atoms with Crippen LogP contribution in [0.4, 0.5) is 0 Å². The van der Waals surface area contributed by atoms with Gasteiger partial charge in [-0.15, -0.1) is 0 Å². The Hall–Kier alpha value is -2.18. The number of rotatable bonds is 5. The third kappa shape index (κ3) is 2.87. The Morgan fingerprint density at radius 3 is 2.40 bits per heavy atom. The van der Waals surface area contributed by atoms with E-state index in [0.29, 0.717) is 11.5 Å². The van der Waals surface area contributed by atoms with Gasteiger partial charge in [-0.05, 0) is 24.6 Å². The minimum atomic E-state index is -0.261. The molecule has 0 bridgehead atoms. The maximum absolute atomic E-state index is 5.65. The Balaban J connectivity index is 2.39. The Kier molecular flexibility index (Phi) is 4.49. The fraction of sp³-hybridized carbons (Fsp3) is 0.286. The van der Waals surface area contributed by atoms with E-state index in [4.69, 9.17) is 15.3 Å². The Morgan fingerprint density at radius 2 is 1.85 bits per heavy atom. The maximum Gasteiger partial charge on any atom is 0.161 e. The van der Waals surface area contributed by atoms with Crippen LogP contribution >= 0.6 is 0 Å². The molecule has 3 N–H and O–H groups in total. The van der Waals surface area contributed by atoms with Crippen LogP contribution in [0.15, 0.2) is 30.6 Å². The second-order valence-electron chi connectivity index (χ2n) is 4.30. The molecule has 1 heterocycles. The molecule has 2 rings (SSSR count). The van der Waals surface area contributed by atoms with Crippen molar-refractivity contribution in [1.82, 2.24) is 15.4 Å². The summed E-state index contributed by atoms with van der Waals surface area (Å²) in [4.78, 5) is 8.58. The zero-order valence-electron chi connectivity index (χ0n) is 11.8. The van der Waals surface area contributed by atoms with Gasteiger partial charge in [-0.1, -0.05) is 6.07 Å². The van der Waals surface area contributed by atoms with E-state index in [9.17, 15) is 0 Å². The van der Waals surface area contributed by atoms with E-state index in [1.165, 1.54) is 0 Å². The molecular weight excluding hydrogens is 256 g/mol. The van der Waals surface area contributed by atoms with E-state index in [1.807, 2.05) is 25.1 Å². The van der Waals surface area contributed by atoms with E-state index < -0.39 is 0 Å². The fourth-order valence-electron chi connectivity index (χ4n) is 1.94. The number of aryl methyl sites for hydroxylation is 1. The van der Waals surface area contributed by atoms with Crippen LogP contribution in [0.2, 0.25) is 0 Å². The molecule has 0 aliphatic carbocycles. The van der Waals surface area contributed by atoms with Crippen LogP contribution in [0.3, 0.4) is 0 Å². The fourth-order valence-corrected chi connectivity index (χ4v) is 1.94. The lowest BCUT2D eigenvalue weighted by Crippen LogP contribution is -2.29. The van der Waals surface area contributed by atoms with Crippen LogP contribution < -0.4 is 20.7 Å². The molecule has 0 radical (unpaired) electrons. The maximum atomic E-state index is 5.65. The molecule has 0 aliphatic rings. The first-order valence-corrected chi connectivity index (χ1v) is 6.16. The lowest BCUT2D eigenvalue weighted by molar-refractivity contribution is 0.354.